The fraction of sp³-hybridized carbons (Fsp3) is 0.0909. The third-order valence-corrected chi connectivity index (χ3v) is 3.91. The van der Waals surface area contributed by atoms with Crippen LogP contribution >= 0.6 is 0 Å². The van der Waals surface area contributed by atoms with E-state index in [0.29, 0.717) is 0 Å². The number of allylic oxidation sites excluding steroid dienone is 1. The van der Waals surface area contributed by atoms with Crippen molar-refractivity contribution in [3.63, 3.8) is 0 Å². The summed E-state index contributed by atoms with van der Waals surface area (Å²) in [6.45, 7) is 4.27. The van der Waals surface area contributed by atoms with E-state index < -0.39 is 0 Å². The van der Waals surface area contributed by atoms with Crippen molar-refractivity contribution in [2.75, 3.05) is 0 Å². The number of aryl methyl sites for hydroxylation is 1. The van der Waals surface area contributed by atoms with Crippen LogP contribution in [0.3, 0.4) is 0 Å². The van der Waals surface area contributed by atoms with Crippen LogP contribution < -0.4 is 0 Å². The highest BCUT2D eigenvalue weighted by Gasteiger charge is 1.98. The van der Waals surface area contributed by atoms with Crippen molar-refractivity contribution in [3.05, 3.63) is 95.6 Å². The molecule has 0 atom stereocenters. The van der Waals surface area contributed by atoms with Gasteiger partial charge in [0.05, 0.1) is 0 Å². The van der Waals surface area contributed by atoms with Crippen molar-refractivity contribution in [1.29, 1.82) is 0 Å². The molecule has 108 valence electrons. The van der Waals surface area contributed by atoms with E-state index in [9.17, 15) is 0 Å². The van der Waals surface area contributed by atoms with Crippen molar-refractivity contribution >= 4 is 11.6 Å². The minimum atomic E-state index is 1.23. The molecule has 0 spiro atoms. The van der Waals surface area contributed by atoms with Crippen molar-refractivity contribution in [1.82, 2.24) is 0 Å². The normalized spacial score (nSPS) is 11.5. The van der Waals surface area contributed by atoms with Crippen molar-refractivity contribution in [2.45, 2.75) is 13.8 Å². The molecule has 3 aromatic carbocycles. The summed E-state index contributed by atoms with van der Waals surface area (Å²) in [7, 11) is 0. The number of rotatable bonds is 3. The zero-order chi connectivity index (χ0) is 15.4. The van der Waals surface area contributed by atoms with E-state index in [1.54, 1.807) is 0 Å². The molecule has 0 nitrogen and oxygen atoms in total. The van der Waals surface area contributed by atoms with Gasteiger partial charge in [0.15, 0.2) is 0 Å². The van der Waals surface area contributed by atoms with E-state index in [1.165, 1.54) is 33.4 Å². The Kier molecular flexibility index (Phi) is 4.20. The molecule has 0 saturated heterocycles. The zero-order valence-corrected chi connectivity index (χ0v) is 13.1. The first-order valence-electron chi connectivity index (χ1n) is 7.63. The Labute approximate surface area is 132 Å². The maximum Gasteiger partial charge on any atom is -0.0184 e. The molecule has 0 N–H and O–H groups in total. The lowest BCUT2D eigenvalue weighted by Gasteiger charge is -2.05. The molecule has 0 fully saturated rings. The van der Waals surface area contributed by atoms with Gasteiger partial charge in [0.25, 0.3) is 0 Å². The van der Waals surface area contributed by atoms with Gasteiger partial charge < -0.3 is 0 Å². The van der Waals surface area contributed by atoms with Gasteiger partial charge in [-0.25, -0.2) is 0 Å². The quantitative estimate of drug-likeness (QED) is 0.501. The van der Waals surface area contributed by atoms with Gasteiger partial charge in [-0.3, -0.25) is 0 Å². The Balaban J connectivity index is 1.84. The summed E-state index contributed by atoms with van der Waals surface area (Å²) in [6, 6.07) is 27.9. The second kappa shape index (κ2) is 6.44. The average molecular weight is 284 g/mol. The molecule has 0 heteroatoms. The molecule has 0 radical (unpaired) electrons. The first-order valence-corrected chi connectivity index (χ1v) is 7.63. The van der Waals surface area contributed by atoms with Gasteiger partial charge in [0, 0.05) is 0 Å². The van der Waals surface area contributed by atoms with Gasteiger partial charge in [0.2, 0.25) is 0 Å². The monoisotopic (exact) mass is 284 g/mol. The van der Waals surface area contributed by atoms with E-state index in [1.807, 2.05) is 6.07 Å². The van der Waals surface area contributed by atoms with E-state index >= 15 is 0 Å². The largest absolute Gasteiger partial charge is 0.0622 e. The predicted molar refractivity (Wildman–Crippen MR) is 96.6 cm³/mol. The van der Waals surface area contributed by atoms with Crippen LogP contribution in [0.15, 0.2) is 78.9 Å². The molecule has 22 heavy (non-hydrogen) atoms. The second-order valence-corrected chi connectivity index (χ2v) is 5.68. The minimum Gasteiger partial charge on any atom is -0.0622 e. The van der Waals surface area contributed by atoms with E-state index in [-0.39, 0.29) is 0 Å². The van der Waals surface area contributed by atoms with Crippen LogP contribution in [-0.2, 0) is 0 Å². The summed E-state index contributed by atoms with van der Waals surface area (Å²) in [5.74, 6) is 0. The maximum absolute atomic E-state index is 2.23. The van der Waals surface area contributed by atoms with Gasteiger partial charge in [-0.05, 0) is 41.7 Å². The Morgan fingerprint density at radius 3 is 1.82 bits per heavy atom. The zero-order valence-electron chi connectivity index (χ0n) is 13.1. The molecule has 0 aliphatic carbocycles. The Hall–Kier alpha value is -2.60. The van der Waals surface area contributed by atoms with Gasteiger partial charge in [-0.2, -0.15) is 0 Å². The van der Waals surface area contributed by atoms with E-state index in [0.717, 1.165) is 0 Å². The number of hydrogen-bond donors (Lipinski definition) is 0. The molecule has 3 aromatic rings. The highest BCUT2D eigenvalue weighted by molar-refractivity contribution is 5.80. The summed E-state index contributed by atoms with van der Waals surface area (Å²) in [5, 5.41) is 0. The molecule has 3 rings (SSSR count). The molecule has 0 amide bonds. The maximum atomic E-state index is 2.23. The molecule has 0 bridgehead atoms. The van der Waals surface area contributed by atoms with E-state index in [2.05, 4.69) is 92.7 Å². The molecule has 0 aliphatic heterocycles. The molecule has 0 aromatic heterocycles. The fourth-order valence-electron chi connectivity index (χ4n) is 2.55. The van der Waals surface area contributed by atoms with Crippen LogP contribution in [0.1, 0.15) is 23.6 Å². The average Bonchev–Trinajstić information content (AvgIpc) is 2.57. The van der Waals surface area contributed by atoms with Crippen LogP contribution in [-0.4, -0.2) is 0 Å². The van der Waals surface area contributed by atoms with E-state index in [4.69, 9.17) is 0 Å². The van der Waals surface area contributed by atoms with Crippen LogP contribution in [0.25, 0.3) is 22.8 Å². The van der Waals surface area contributed by atoms with Crippen molar-refractivity contribution in [3.8, 4) is 11.1 Å². The lowest BCUT2D eigenvalue weighted by atomic mass is 10.0. The lowest BCUT2D eigenvalue weighted by Crippen LogP contribution is -1.81. The van der Waals surface area contributed by atoms with Gasteiger partial charge in [-0.1, -0.05) is 90.5 Å². The predicted octanol–water partition coefficient (Wildman–Crippen LogP) is 6.22. The lowest BCUT2D eigenvalue weighted by molar-refractivity contribution is 1.47. The summed E-state index contributed by atoms with van der Waals surface area (Å²) in [4.78, 5) is 0. The number of hydrogen-bond acceptors (Lipinski definition) is 0. The third-order valence-electron chi connectivity index (χ3n) is 3.91. The highest BCUT2D eigenvalue weighted by Crippen LogP contribution is 2.22. The summed E-state index contributed by atoms with van der Waals surface area (Å²) < 4.78 is 0. The van der Waals surface area contributed by atoms with Gasteiger partial charge >= 0.3 is 0 Å². The minimum absolute atomic E-state index is 1.23. The van der Waals surface area contributed by atoms with Crippen LogP contribution in [0.5, 0.6) is 0 Å². The molecule has 0 heterocycles. The van der Waals surface area contributed by atoms with Crippen LogP contribution in [0.2, 0.25) is 0 Å². The highest BCUT2D eigenvalue weighted by atomic mass is 14.0. The van der Waals surface area contributed by atoms with Gasteiger partial charge in [-0.15, -0.1) is 0 Å². The van der Waals surface area contributed by atoms with Gasteiger partial charge in [0.1, 0.15) is 0 Å². The summed E-state index contributed by atoms with van der Waals surface area (Å²) in [6.07, 6.45) is 2.23. The number of benzene rings is 3. The summed E-state index contributed by atoms with van der Waals surface area (Å²) >= 11 is 0. The molecule has 0 saturated carbocycles. The topological polar surface area (TPSA) is 0 Å². The molecular weight excluding hydrogens is 264 g/mol. The Morgan fingerprint density at radius 1 is 0.682 bits per heavy atom. The molecule has 0 aliphatic rings. The summed E-state index contributed by atoms with van der Waals surface area (Å²) in [5.41, 5.74) is 7.60. The molecule has 0 unspecified atom stereocenters. The first kappa shape index (κ1) is 14.3. The standard InChI is InChI=1S/C22H20/c1-17-8-12-21(13-9-17)22-14-10-19(11-15-22)16-18(2)20-6-4-3-5-7-20/h3-16H,1-2H3/b18-16-. The van der Waals surface area contributed by atoms with Crippen molar-refractivity contribution in [2.24, 2.45) is 0 Å². The third kappa shape index (κ3) is 3.35. The first-order chi connectivity index (χ1) is 10.7. The Morgan fingerprint density at radius 2 is 1.23 bits per heavy atom. The smallest absolute Gasteiger partial charge is 0.0184 e. The second-order valence-electron chi connectivity index (χ2n) is 5.68. The molecular formula is C22H20. The van der Waals surface area contributed by atoms with Crippen molar-refractivity contribution < 1.29 is 0 Å². The van der Waals surface area contributed by atoms with Crippen LogP contribution in [0, 0.1) is 6.92 Å². The fourth-order valence-corrected chi connectivity index (χ4v) is 2.55. The SMILES string of the molecule is C/C(=C/c1ccc(-c2ccc(C)cc2)cc1)c1ccccc1. The van der Waals surface area contributed by atoms with Crippen LogP contribution in [0.4, 0.5) is 0 Å². The Bertz CT molecular complexity index is 761.